The molecule has 2 heterocycles. The van der Waals surface area contributed by atoms with Gasteiger partial charge in [-0.25, -0.2) is 9.59 Å². The third kappa shape index (κ3) is 3.73. The quantitative estimate of drug-likeness (QED) is 0.282. The van der Waals surface area contributed by atoms with Crippen LogP contribution in [0.15, 0.2) is 76.2 Å². The molecule has 0 saturated heterocycles. The molecule has 0 aliphatic carbocycles. The topological polar surface area (TPSA) is 87.9 Å². The number of esters is 1. The predicted molar refractivity (Wildman–Crippen MR) is 110 cm³/mol. The van der Waals surface area contributed by atoms with Crippen LogP contribution in [0.5, 0.6) is 17.2 Å². The summed E-state index contributed by atoms with van der Waals surface area (Å²) in [6.07, 6.45) is 2.98. The highest BCUT2D eigenvalue weighted by Gasteiger charge is 2.13. The maximum absolute atomic E-state index is 12.6. The molecule has 0 saturated carbocycles. The lowest BCUT2D eigenvalue weighted by atomic mass is 10.1. The molecular formula is C23H17NO6. The zero-order valence-electron chi connectivity index (χ0n) is 16.2. The molecule has 0 bridgehead atoms. The van der Waals surface area contributed by atoms with Gasteiger partial charge in [0.1, 0.15) is 11.3 Å². The summed E-state index contributed by atoms with van der Waals surface area (Å²) in [6.45, 7) is 0. The van der Waals surface area contributed by atoms with Gasteiger partial charge in [-0.05, 0) is 48.0 Å². The smallest absolute Gasteiger partial charge is 0.345 e. The summed E-state index contributed by atoms with van der Waals surface area (Å²) in [6, 6.07) is 15.0. The second-order valence-corrected chi connectivity index (χ2v) is 6.35. The third-order valence-corrected chi connectivity index (χ3v) is 4.51. The first-order valence-electron chi connectivity index (χ1n) is 9.01. The van der Waals surface area contributed by atoms with Crippen molar-refractivity contribution in [2.45, 2.75) is 0 Å². The number of benzene rings is 2. The van der Waals surface area contributed by atoms with Crippen LogP contribution in [0.4, 0.5) is 0 Å². The molecule has 0 spiro atoms. The summed E-state index contributed by atoms with van der Waals surface area (Å²) < 4.78 is 21.4. The number of fused-ring (bicyclic) bond motifs is 1. The monoisotopic (exact) mass is 403 g/mol. The molecule has 7 heteroatoms. The number of pyridine rings is 1. The maximum Gasteiger partial charge on any atom is 0.345 e. The first-order chi connectivity index (χ1) is 14.6. The Hall–Kier alpha value is -4.13. The Morgan fingerprint density at radius 2 is 1.80 bits per heavy atom. The molecule has 0 unspecified atom stereocenters. The van der Waals surface area contributed by atoms with E-state index in [1.165, 1.54) is 19.4 Å². The highest BCUT2D eigenvalue weighted by Crippen LogP contribution is 2.32. The van der Waals surface area contributed by atoms with Crippen LogP contribution in [0.3, 0.4) is 0 Å². The van der Waals surface area contributed by atoms with Gasteiger partial charge in [-0.2, -0.15) is 0 Å². The number of aromatic nitrogens is 1. The summed E-state index contributed by atoms with van der Waals surface area (Å²) >= 11 is 0. The van der Waals surface area contributed by atoms with Gasteiger partial charge >= 0.3 is 11.6 Å². The van der Waals surface area contributed by atoms with Gasteiger partial charge in [-0.15, -0.1) is 0 Å². The minimum absolute atomic E-state index is 0.262. The van der Waals surface area contributed by atoms with E-state index in [0.717, 1.165) is 0 Å². The number of carbonyl (C=O) groups is 1. The van der Waals surface area contributed by atoms with E-state index in [0.29, 0.717) is 39.2 Å². The Balaban J connectivity index is 1.68. The van der Waals surface area contributed by atoms with Crippen LogP contribution < -0.4 is 19.8 Å². The van der Waals surface area contributed by atoms with E-state index in [1.807, 2.05) is 0 Å². The van der Waals surface area contributed by atoms with E-state index < -0.39 is 11.6 Å². The average Bonchev–Trinajstić information content (AvgIpc) is 2.78. The fraction of sp³-hybridized carbons (Fsp3) is 0.0870. The second-order valence-electron chi connectivity index (χ2n) is 6.35. The van der Waals surface area contributed by atoms with Crippen molar-refractivity contribution >= 4 is 16.9 Å². The van der Waals surface area contributed by atoms with Gasteiger partial charge in [0.25, 0.3) is 0 Å². The highest BCUT2D eigenvalue weighted by atomic mass is 16.5. The van der Waals surface area contributed by atoms with Crippen molar-refractivity contribution in [1.29, 1.82) is 0 Å². The molecule has 2 aromatic carbocycles. The summed E-state index contributed by atoms with van der Waals surface area (Å²) in [5, 5.41) is 0.681. The van der Waals surface area contributed by atoms with Crippen molar-refractivity contribution in [3.63, 3.8) is 0 Å². The molecule has 4 aromatic rings. The number of nitrogens with zero attached hydrogens (tertiary/aromatic N) is 1. The lowest BCUT2D eigenvalue weighted by Crippen LogP contribution is -2.08. The van der Waals surface area contributed by atoms with E-state index in [2.05, 4.69) is 4.98 Å². The molecular weight excluding hydrogens is 386 g/mol. The molecule has 30 heavy (non-hydrogen) atoms. The molecule has 0 amide bonds. The molecule has 0 fully saturated rings. The summed E-state index contributed by atoms with van der Waals surface area (Å²) in [5.74, 6) is 0.781. The van der Waals surface area contributed by atoms with Crippen molar-refractivity contribution in [3.8, 4) is 28.4 Å². The van der Waals surface area contributed by atoms with E-state index in [-0.39, 0.29) is 5.75 Å². The number of hydrogen-bond acceptors (Lipinski definition) is 7. The number of methoxy groups -OCH3 is 2. The fourth-order valence-corrected chi connectivity index (χ4v) is 3.01. The van der Waals surface area contributed by atoms with Crippen LogP contribution in [-0.4, -0.2) is 25.2 Å². The van der Waals surface area contributed by atoms with Gasteiger partial charge in [0.05, 0.1) is 25.3 Å². The third-order valence-electron chi connectivity index (χ3n) is 4.51. The Bertz CT molecular complexity index is 1280. The SMILES string of the molecule is COc1ccc(-c2cc3ccc(OC(=O)c4cccnc4)cc3oc2=O)cc1OC. The van der Waals surface area contributed by atoms with E-state index in [4.69, 9.17) is 18.6 Å². The standard InChI is InChI=1S/C23H17NO6/c1-27-19-8-6-14(11-21(19)28-2)18-10-15-5-7-17(12-20(15)30-23(18)26)29-22(25)16-4-3-9-24-13-16/h3-13H,1-2H3. The molecule has 0 N–H and O–H groups in total. The lowest BCUT2D eigenvalue weighted by molar-refractivity contribution is 0.0734. The van der Waals surface area contributed by atoms with Gasteiger partial charge < -0.3 is 18.6 Å². The van der Waals surface area contributed by atoms with Crippen LogP contribution in [0.2, 0.25) is 0 Å². The Kier molecular flexibility index (Phi) is 5.17. The van der Waals surface area contributed by atoms with Crippen molar-refractivity contribution in [2.75, 3.05) is 14.2 Å². The van der Waals surface area contributed by atoms with Crippen molar-refractivity contribution in [3.05, 3.63) is 83.0 Å². The van der Waals surface area contributed by atoms with Crippen LogP contribution in [0.25, 0.3) is 22.1 Å². The van der Waals surface area contributed by atoms with Crippen LogP contribution in [0, 0.1) is 0 Å². The fourth-order valence-electron chi connectivity index (χ4n) is 3.01. The lowest BCUT2D eigenvalue weighted by Gasteiger charge is -2.10. The molecule has 0 aliphatic rings. The number of rotatable bonds is 5. The first-order valence-corrected chi connectivity index (χ1v) is 9.01. The Labute approximate surface area is 171 Å². The van der Waals surface area contributed by atoms with Gasteiger partial charge in [-0.1, -0.05) is 6.07 Å². The zero-order valence-corrected chi connectivity index (χ0v) is 16.2. The summed E-state index contributed by atoms with van der Waals surface area (Å²) in [7, 11) is 3.07. The normalized spacial score (nSPS) is 10.6. The van der Waals surface area contributed by atoms with Crippen LogP contribution >= 0.6 is 0 Å². The molecule has 150 valence electrons. The molecule has 0 radical (unpaired) electrons. The zero-order chi connectivity index (χ0) is 21.1. The number of hydrogen-bond donors (Lipinski definition) is 0. The number of carbonyl (C=O) groups excluding carboxylic acids is 1. The average molecular weight is 403 g/mol. The van der Waals surface area contributed by atoms with Crippen molar-refractivity contribution < 1.29 is 23.4 Å². The molecule has 7 nitrogen and oxygen atoms in total. The van der Waals surface area contributed by atoms with Gasteiger partial charge in [0, 0.05) is 23.8 Å². The largest absolute Gasteiger partial charge is 0.493 e. The van der Waals surface area contributed by atoms with E-state index in [1.54, 1.807) is 61.8 Å². The van der Waals surface area contributed by atoms with Crippen LogP contribution in [-0.2, 0) is 0 Å². The minimum atomic E-state index is -0.549. The van der Waals surface area contributed by atoms with E-state index in [9.17, 15) is 9.59 Å². The Morgan fingerprint density at radius 3 is 2.53 bits per heavy atom. The predicted octanol–water partition coefficient (Wildman–Crippen LogP) is 4.09. The molecule has 4 rings (SSSR count). The van der Waals surface area contributed by atoms with Crippen molar-refractivity contribution in [2.24, 2.45) is 0 Å². The summed E-state index contributed by atoms with van der Waals surface area (Å²) in [4.78, 5) is 28.7. The van der Waals surface area contributed by atoms with Gasteiger partial charge in [0.15, 0.2) is 11.5 Å². The first kappa shape index (κ1) is 19.2. The number of ether oxygens (including phenoxy) is 3. The molecule has 0 atom stereocenters. The Morgan fingerprint density at radius 1 is 0.967 bits per heavy atom. The molecule has 0 aliphatic heterocycles. The van der Waals surface area contributed by atoms with Crippen molar-refractivity contribution in [1.82, 2.24) is 4.98 Å². The molecule has 2 aromatic heterocycles. The van der Waals surface area contributed by atoms with E-state index >= 15 is 0 Å². The van der Waals surface area contributed by atoms with Gasteiger partial charge in [-0.3, -0.25) is 4.98 Å². The summed E-state index contributed by atoms with van der Waals surface area (Å²) in [5.41, 5.74) is 1.12. The minimum Gasteiger partial charge on any atom is -0.493 e. The highest BCUT2D eigenvalue weighted by molar-refractivity contribution is 5.91. The van der Waals surface area contributed by atoms with Crippen LogP contribution in [0.1, 0.15) is 10.4 Å². The van der Waals surface area contributed by atoms with Gasteiger partial charge in [0.2, 0.25) is 0 Å². The second kappa shape index (κ2) is 8.08. The maximum atomic E-state index is 12.6.